The molecule has 0 aromatic heterocycles. The van der Waals surface area contributed by atoms with E-state index >= 15 is 0 Å². The number of rotatable bonds is 5. The van der Waals surface area contributed by atoms with Gasteiger partial charge in [-0.2, -0.15) is 0 Å². The molecule has 0 saturated heterocycles. The molecule has 3 heteroatoms. The Morgan fingerprint density at radius 3 is 2.43 bits per heavy atom. The minimum atomic E-state index is 0.194. The molecule has 1 aromatic carbocycles. The molecule has 3 nitrogen and oxygen atoms in total. The second kappa shape index (κ2) is 6.54. The standard InChI is InChI=1S/C20H29NO2/c1-3-4-19(23)21(17-11-15(2)12-18(22)13-17)14-20-8-5-16(6-9-20)7-10-20/h11-13,16,22H,3-10,14H2,1-2H3. The normalized spacial score (nSPS) is 26.3. The van der Waals surface area contributed by atoms with Crippen molar-refractivity contribution >= 4 is 11.6 Å². The SMILES string of the molecule is CCCC(=O)N(CC12CCC(CC1)CC2)c1cc(C)cc(O)c1. The van der Waals surface area contributed by atoms with Crippen molar-refractivity contribution in [2.75, 3.05) is 11.4 Å². The maximum absolute atomic E-state index is 12.8. The Morgan fingerprint density at radius 2 is 1.87 bits per heavy atom. The highest BCUT2D eigenvalue weighted by atomic mass is 16.3. The number of benzene rings is 1. The topological polar surface area (TPSA) is 40.5 Å². The Bertz CT molecular complexity index is 539. The summed E-state index contributed by atoms with van der Waals surface area (Å²) in [5.41, 5.74) is 2.17. The Balaban J connectivity index is 1.87. The van der Waals surface area contributed by atoms with E-state index < -0.39 is 0 Å². The fourth-order valence-corrected chi connectivity index (χ4v) is 4.48. The summed E-state index contributed by atoms with van der Waals surface area (Å²) in [6.07, 6.45) is 9.19. The fourth-order valence-electron chi connectivity index (χ4n) is 4.48. The van der Waals surface area contributed by atoms with Crippen molar-refractivity contribution in [1.82, 2.24) is 0 Å². The maximum Gasteiger partial charge on any atom is 0.226 e. The second-order valence-corrected chi connectivity index (χ2v) is 7.74. The van der Waals surface area contributed by atoms with Crippen molar-refractivity contribution in [2.24, 2.45) is 11.3 Å². The number of hydrogen-bond acceptors (Lipinski definition) is 2. The number of anilines is 1. The van der Waals surface area contributed by atoms with Crippen LogP contribution in [-0.4, -0.2) is 17.6 Å². The van der Waals surface area contributed by atoms with Crippen LogP contribution in [0.5, 0.6) is 5.75 Å². The number of hydrogen-bond donors (Lipinski definition) is 1. The zero-order valence-corrected chi connectivity index (χ0v) is 14.5. The highest BCUT2D eigenvalue weighted by Gasteiger charge is 2.42. The summed E-state index contributed by atoms with van der Waals surface area (Å²) in [5.74, 6) is 1.37. The Morgan fingerprint density at radius 1 is 1.22 bits per heavy atom. The van der Waals surface area contributed by atoms with Crippen molar-refractivity contribution < 1.29 is 9.90 Å². The molecule has 0 aliphatic heterocycles. The molecule has 0 unspecified atom stereocenters. The minimum absolute atomic E-state index is 0.194. The van der Waals surface area contributed by atoms with Crippen molar-refractivity contribution in [3.8, 4) is 5.75 Å². The first-order chi connectivity index (χ1) is 11.0. The van der Waals surface area contributed by atoms with Crippen LogP contribution in [0.2, 0.25) is 0 Å². The smallest absolute Gasteiger partial charge is 0.226 e. The predicted molar refractivity (Wildman–Crippen MR) is 93.7 cm³/mol. The maximum atomic E-state index is 12.8. The lowest BCUT2D eigenvalue weighted by molar-refractivity contribution is -0.119. The molecule has 1 N–H and O–H groups in total. The van der Waals surface area contributed by atoms with Crippen LogP contribution >= 0.6 is 0 Å². The van der Waals surface area contributed by atoms with Crippen LogP contribution in [0.4, 0.5) is 5.69 Å². The van der Waals surface area contributed by atoms with E-state index in [0.29, 0.717) is 11.8 Å². The van der Waals surface area contributed by atoms with E-state index in [1.165, 1.54) is 38.5 Å². The van der Waals surface area contributed by atoms with Gasteiger partial charge in [0, 0.05) is 24.7 Å². The highest BCUT2D eigenvalue weighted by Crippen LogP contribution is 2.51. The third-order valence-corrected chi connectivity index (χ3v) is 5.87. The van der Waals surface area contributed by atoms with Gasteiger partial charge in [-0.15, -0.1) is 0 Å². The predicted octanol–water partition coefficient (Wildman–Crippen LogP) is 4.80. The number of nitrogens with zero attached hydrogens (tertiary/aromatic N) is 1. The first kappa shape index (κ1) is 16.4. The average molecular weight is 315 g/mol. The largest absolute Gasteiger partial charge is 0.508 e. The van der Waals surface area contributed by atoms with Crippen molar-refractivity contribution in [2.45, 2.75) is 65.2 Å². The van der Waals surface area contributed by atoms with E-state index in [2.05, 4.69) is 0 Å². The molecule has 126 valence electrons. The summed E-state index contributed by atoms with van der Waals surface area (Å²) >= 11 is 0. The van der Waals surface area contributed by atoms with E-state index in [0.717, 1.165) is 30.1 Å². The molecule has 3 fully saturated rings. The Kier molecular flexibility index (Phi) is 4.65. The van der Waals surface area contributed by atoms with Gasteiger partial charge < -0.3 is 10.0 Å². The van der Waals surface area contributed by atoms with E-state index in [4.69, 9.17) is 0 Å². The van der Waals surface area contributed by atoms with Gasteiger partial charge in [-0.05, 0) is 80.9 Å². The van der Waals surface area contributed by atoms with Crippen LogP contribution in [0.3, 0.4) is 0 Å². The molecular formula is C20H29NO2. The van der Waals surface area contributed by atoms with Gasteiger partial charge in [-0.25, -0.2) is 0 Å². The molecule has 0 spiro atoms. The molecule has 23 heavy (non-hydrogen) atoms. The zero-order chi connectivity index (χ0) is 16.4. The third-order valence-electron chi connectivity index (χ3n) is 5.87. The van der Waals surface area contributed by atoms with Gasteiger partial charge in [-0.1, -0.05) is 6.92 Å². The molecule has 1 amide bonds. The summed E-state index contributed by atoms with van der Waals surface area (Å²) in [7, 11) is 0. The monoisotopic (exact) mass is 315 g/mol. The fraction of sp³-hybridized carbons (Fsp3) is 0.650. The molecule has 1 aromatic rings. The summed E-state index contributed by atoms with van der Waals surface area (Å²) in [5, 5.41) is 9.95. The minimum Gasteiger partial charge on any atom is -0.508 e. The van der Waals surface area contributed by atoms with E-state index in [1.807, 2.05) is 24.8 Å². The number of phenols is 1. The molecule has 0 radical (unpaired) electrons. The van der Waals surface area contributed by atoms with E-state index in [9.17, 15) is 9.90 Å². The summed E-state index contributed by atoms with van der Waals surface area (Å²) < 4.78 is 0. The lowest BCUT2D eigenvalue weighted by Crippen LogP contribution is -2.46. The summed E-state index contributed by atoms with van der Waals surface area (Å²) in [6, 6.07) is 5.51. The van der Waals surface area contributed by atoms with Gasteiger partial charge in [0.15, 0.2) is 0 Å². The van der Waals surface area contributed by atoms with Crippen LogP contribution in [-0.2, 0) is 4.79 Å². The first-order valence-electron chi connectivity index (χ1n) is 9.12. The number of aromatic hydroxyl groups is 1. The summed E-state index contributed by atoms with van der Waals surface area (Å²) in [4.78, 5) is 14.7. The Labute approximate surface area is 139 Å². The van der Waals surface area contributed by atoms with Gasteiger partial charge in [0.2, 0.25) is 5.91 Å². The molecule has 3 aliphatic carbocycles. The first-order valence-corrected chi connectivity index (χ1v) is 9.12. The highest BCUT2D eigenvalue weighted by molar-refractivity contribution is 5.93. The van der Waals surface area contributed by atoms with Crippen LogP contribution in [0, 0.1) is 18.3 Å². The quantitative estimate of drug-likeness (QED) is 0.847. The number of phenolic OH excluding ortho intramolecular Hbond substituents is 1. The molecule has 0 heterocycles. The van der Waals surface area contributed by atoms with Gasteiger partial charge in [-0.3, -0.25) is 4.79 Å². The van der Waals surface area contributed by atoms with Crippen LogP contribution in [0.15, 0.2) is 18.2 Å². The molecule has 0 atom stereocenters. The lowest BCUT2D eigenvalue weighted by Gasteiger charge is -2.48. The number of fused-ring (bicyclic) bond motifs is 3. The van der Waals surface area contributed by atoms with Gasteiger partial charge in [0.25, 0.3) is 0 Å². The van der Waals surface area contributed by atoms with Crippen LogP contribution in [0.1, 0.15) is 63.9 Å². The van der Waals surface area contributed by atoms with Gasteiger partial charge in [0.05, 0.1) is 0 Å². The molecule has 3 saturated carbocycles. The second-order valence-electron chi connectivity index (χ2n) is 7.74. The van der Waals surface area contributed by atoms with Crippen LogP contribution < -0.4 is 4.90 Å². The number of carbonyl (C=O) groups excluding carboxylic acids is 1. The lowest BCUT2D eigenvalue weighted by atomic mass is 9.60. The van der Waals surface area contributed by atoms with Crippen LogP contribution in [0.25, 0.3) is 0 Å². The number of amides is 1. The van der Waals surface area contributed by atoms with Gasteiger partial charge in [0.1, 0.15) is 5.75 Å². The zero-order valence-electron chi connectivity index (χ0n) is 14.5. The van der Waals surface area contributed by atoms with Crippen molar-refractivity contribution in [3.05, 3.63) is 23.8 Å². The molecule has 2 bridgehead atoms. The Hall–Kier alpha value is -1.51. The average Bonchev–Trinajstić information content (AvgIpc) is 2.53. The number of aryl methyl sites for hydroxylation is 1. The number of carbonyl (C=O) groups is 1. The van der Waals surface area contributed by atoms with E-state index in [1.54, 1.807) is 12.1 Å². The van der Waals surface area contributed by atoms with Gasteiger partial charge >= 0.3 is 0 Å². The summed E-state index contributed by atoms with van der Waals surface area (Å²) in [6.45, 7) is 4.84. The third kappa shape index (κ3) is 3.54. The molecule has 4 rings (SSSR count). The van der Waals surface area contributed by atoms with Crippen molar-refractivity contribution in [3.63, 3.8) is 0 Å². The molecular weight excluding hydrogens is 286 g/mol. The van der Waals surface area contributed by atoms with E-state index in [-0.39, 0.29) is 11.7 Å². The molecule has 3 aliphatic rings. The van der Waals surface area contributed by atoms with Crippen molar-refractivity contribution in [1.29, 1.82) is 0 Å².